The third kappa shape index (κ3) is 1.72. The normalized spacial score (nSPS) is 29.2. The Kier molecular flexibility index (Phi) is 2.64. The molecule has 60 valence electrons. The molecule has 1 heteroatoms. The molecule has 1 aliphatic heterocycles. The van der Waals surface area contributed by atoms with Crippen molar-refractivity contribution in [3.8, 4) is 0 Å². The molecule has 1 atom stereocenters. The summed E-state index contributed by atoms with van der Waals surface area (Å²) in [4.78, 5) is 0. The molecule has 10 heavy (non-hydrogen) atoms. The van der Waals surface area contributed by atoms with E-state index in [9.17, 15) is 0 Å². The Bertz CT molecular complexity index is 117. The third-order valence-corrected chi connectivity index (χ3v) is 7.65. The van der Waals surface area contributed by atoms with Gasteiger partial charge in [0, 0.05) is 7.26 Å². The van der Waals surface area contributed by atoms with Gasteiger partial charge in [-0.15, -0.1) is 0 Å². The summed E-state index contributed by atoms with van der Waals surface area (Å²) in [5.74, 6) is 0. The molecule has 0 bridgehead atoms. The molecule has 0 N–H and O–H groups in total. The maximum absolute atomic E-state index is 7.87. The van der Waals surface area contributed by atoms with E-state index < -0.39 is 7.26 Å². The zero-order chi connectivity index (χ0) is 8.32. The molecule has 0 spiro atoms. The molecule has 0 saturated carbocycles. The van der Waals surface area contributed by atoms with Crippen LogP contribution in [0, 0.1) is 0 Å². The van der Waals surface area contributed by atoms with Gasteiger partial charge in [0.25, 0.3) is 0 Å². The van der Waals surface area contributed by atoms with Crippen LogP contribution in [0.25, 0.3) is 0 Å². The van der Waals surface area contributed by atoms with Crippen molar-refractivity contribution in [2.75, 3.05) is 24.6 Å². The minimum atomic E-state index is -0.776. The summed E-state index contributed by atoms with van der Waals surface area (Å²) >= 11 is 0. The minimum Gasteiger partial charge on any atom is -0.0464 e. The van der Waals surface area contributed by atoms with E-state index in [1.807, 2.05) is 0 Å². The molecule has 0 aromatic carbocycles. The number of hydrogen-bond donors (Lipinski definition) is 0. The SMILES string of the molecule is [2H]C(C)[P+]1(CC)CCCCC1. The van der Waals surface area contributed by atoms with Gasteiger partial charge in [0.05, 0.1) is 26.0 Å². The molecule has 1 saturated heterocycles. The Morgan fingerprint density at radius 1 is 1.20 bits per heavy atom. The predicted octanol–water partition coefficient (Wildman–Crippen LogP) is 3.23. The second-order valence-electron chi connectivity index (χ2n) is 3.30. The lowest BCUT2D eigenvalue weighted by molar-refractivity contribution is 0.742. The summed E-state index contributed by atoms with van der Waals surface area (Å²) in [6, 6.07) is 0. The molecule has 1 unspecified atom stereocenters. The molecule has 0 aromatic rings. The molecule has 0 radical (unpaired) electrons. The molecular weight excluding hydrogens is 139 g/mol. The molecule has 1 rings (SSSR count). The molecule has 0 amide bonds. The van der Waals surface area contributed by atoms with Crippen LogP contribution in [0.5, 0.6) is 0 Å². The van der Waals surface area contributed by atoms with Crippen molar-refractivity contribution in [3.05, 3.63) is 0 Å². The molecular formula is C9H20P+. The fourth-order valence-corrected chi connectivity index (χ4v) is 5.34. The standard InChI is InChI=1S/C9H20P/c1-3-10(4-2)8-6-5-7-9-10/h3-9H2,1-2H3/q+1/i3D. The van der Waals surface area contributed by atoms with Crippen molar-refractivity contribution in [1.29, 1.82) is 0 Å². The van der Waals surface area contributed by atoms with Crippen molar-refractivity contribution in [1.82, 2.24) is 0 Å². The van der Waals surface area contributed by atoms with Crippen molar-refractivity contribution < 1.29 is 1.37 Å². The maximum Gasteiger partial charge on any atom is 0.0705 e. The first-order valence-corrected chi connectivity index (χ1v) is 6.91. The highest BCUT2D eigenvalue weighted by Gasteiger charge is 2.34. The second-order valence-corrected chi connectivity index (χ2v) is 7.78. The smallest absolute Gasteiger partial charge is 0.0464 e. The first kappa shape index (κ1) is 7.10. The van der Waals surface area contributed by atoms with Crippen molar-refractivity contribution in [3.63, 3.8) is 0 Å². The van der Waals surface area contributed by atoms with Crippen molar-refractivity contribution in [2.45, 2.75) is 33.1 Å². The minimum absolute atomic E-state index is 0.257. The van der Waals surface area contributed by atoms with Gasteiger partial charge in [-0.05, 0) is 33.1 Å². The molecule has 1 fully saturated rings. The summed E-state index contributed by atoms with van der Waals surface area (Å²) < 4.78 is 7.87. The highest BCUT2D eigenvalue weighted by molar-refractivity contribution is 7.75. The molecule has 0 aliphatic carbocycles. The largest absolute Gasteiger partial charge is 0.0705 e. The Balaban J connectivity index is 2.57. The highest BCUT2D eigenvalue weighted by Crippen LogP contribution is 2.61. The fourth-order valence-electron chi connectivity index (χ4n) is 1.90. The Hall–Kier alpha value is 0.430. The summed E-state index contributed by atoms with van der Waals surface area (Å²) in [7, 11) is -0.776. The molecule has 1 aliphatic rings. The highest BCUT2D eigenvalue weighted by atomic mass is 31.2. The molecule has 1 heterocycles. The van der Waals surface area contributed by atoms with Crippen LogP contribution in [0.2, 0.25) is 0 Å². The lowest BCUT2D eigenvalue weighted by Gasteiger charge is -2.28. The van der Waals surface area contributed by atoms with Crippen LogP contribution >= 0.6 is 7.26 Å². The van der Waals surface area contributed by atoms with Gasteiger partial charge in [-0.1, -0.05) is 0 Å². The van der Waals surface area contributed by atoms with Crippen LogP contribution in [-0.4, -0.2) is 24.6 Å². The van der Waals surface area contributed by atoms with E-state index in [-0.39, 0.29) is 6.14 Å². The lowest BCUT2D eigenvalue weighted by atomic mass is 10.3. The summed E-state index contributed by atoms with van der Waals surface area (Å²) in [5, 5.41) is 0. The van der Waals surface area contributed by atoms with E-state index in [4.69, 9.17) is 1.37 Å². The van der Waals surface area contributed by atoms with Crippen LogP contribution in [-0.2, 0) is 0 Å². The topological polar surface area (TPSA) is 0 Å². The second kappa shape index (κ2) is 3.72. The van der Waals surface area contributed by atoms with E-state index in [0.717, 1.165) is 0 Å². The lowest BCUT2D eigenvalue weighted by Crippen LogP contribution is -2.13. The first-order valence-electron chi connectivity index (χ1n) is 5.07. The van der Waals surface area contributed by atoms with Crippen LogP contribution in [0.4, 0.5) is 0 Å². The molecule has 0 aromatic heterocycles. The van der Waals surface area contributed by atoms with Crippen LogP contribution in [0.1, 0.15) is 34.5 Å². The fraction of sp³-hybridized carbons (Fsp3) is 1.00. The van der Waals surface area contributed by atoms with Gasteiger partial charge in [-0.3, -0.25) is 0 Å². The monoisotopic (exact) mass is 160 g/mol. The Morgan fingerprint density at radius 3 is 2.10 bits per heavy atom. The van der Waals surface area contributed by atoms with E-state index in [0.29, 0.717) is 0 Å². The van der Waals surface area contributed by atoms with E-state index in [1.165, 1.54) is 37.7 Å². The Morgan fingerprint density at radius 2 is 1.80 bits per heavy atom. The zero-order valence-electron chi connectivity index (χ0n) is 8.27. The predicted molar refractivity (Wildman–Crippen MR) is 51.6 cm³/mol. The molecule has 0 nitrogen and oxygen atoms in total. The quantitative estimate of drug-likeness (QED) is 0.544. The van der Waals surface area contributed by atoms with Gasteiger partial charge < -0.3 is 0 Å². The Labute approximate surface area is 67.1 Å². The van der Waals surface area contributed by atoms with Crippen molar-refractivity contribution >= 4 is 7.26 Å². The summed E-state index contributed by atoms with van der Waals surface area (Å²) in [6.45, 7) is 4.41. The number of hydrogen-bond acceptors (Lipinski definition) is 0. The first-order chi connectivity index (χ1) is 5.21. The maximum atomic E-state index is 7.87. The summed E-state index contributed by atoms with van der Waals surface area (Å²) in [6.07, 6.45) is 8.64. The average Bonchev–Trinajstić information content (AvgIpc) is 2.05. The van der Waals surface area contributed by atoms with Gasteiger partial charge in [0.1, 0.15) is 0 Å². The van der Waals surface area contributed by atoms with Gasteiger partial charge in [0.15, 0.2) is 0 Å². The zero-order valence-corrected chi connectivity index (χ0v) is 8.16. The van der Waals surface area contributed by atoms with Crippen LogP contribution in [0.3, 0.4) is 0 Å². The third-order valence-electron chi connectivity index (χ3n) is 2.88. The summed E-state index contributed by atoms with van der Waals surface area (Å²) in [5.41, 5.74) is 0. The number of rotatable bonds is 2. The van der Waals surface area contributed by atoms with E-state index >= 15 is 0 Å². The van der Waals surface area contributed by atoms with E-state index in [2.05, 4.69) is 13.8 Å². The van der Waals surface area contributed by atoms with E-state index in [1.54, 1.807) is 0 Å². The van der Waals surface area contributed by atoms with Crippen LogP contribution < -0.4 is 0 Å². The van der Waals surface area contributed by atoms with Crippen molar-refractivity contribution in [2.24, 2.45) is 0 Å². The van der Waals surface area contributed by atoms with Gasteiger partial charge in [-0.25, -0.2) is 0 Å². The average molecular weight is 160 g/mol. The van der Waals surface area contributed by atoms with Gasteiger partial charge >= 0.3 is 0 Å². The van der Waals surface area contributed by atoms with Gasteiger partial charge in [0.2, 0.25) is 0 Å². The van der Waals surface area contributed by atoms with Crippen LogP contribution in [0.15, 0.2) is 0 Å². The van der Waals surface area contributed by atoms with Gasteiger partial charge in [-0.2, -0.15) is 0 Å².